The summed E-state index contributed by atoms with van der Waals surface area (Å²) in [6.45, 7) is 3.87. The summed E-state index contributed by atoms with van der Waals surface area (Å²) in [4.78, 5) is 19.6. The van der Waals surface area contributed by atoms with E-state index in [0.717, 1.165) is 0 Å². The Morgan fingerprint density at radius 2 is 1.86 bits per heavy atom. The molecule has 7 heteroatoms. The molecule has 0 unspecified atom stereocenters. The number of anilines is 1. The highest BCUT2D eigenvalue weighted by Gasteiger charge is 2.09. The van der Waals surface area contributed by atoms with Gasteiger partial charge in [0.25, 0.3) is 5.91 Å². The van der Waals surface area contributed by atoms with Crippen LogP contribution in [0, 0.1) is 0 Å². The van der Waals surface area contributed by atoms with Gasteiger partial charge in [-0.05, 0) is 49.7 Å². The molecule has 0 spiro atoms. The molecule has 1 amide bonds. The fourth-order valence-electron chi connectivity index (χ4n) is 1.60. The van der Waals surface area contributed by atoms with Crippen molar-refractivity contribution in [2.45, 2.75) is 20.0 Å². The first-order valence-corrected chi connectivity index (χ1v) is 6.98. The normalized spacial score (nSPS) is 10.5. The van der Waals surface area contributed by atoms with E-state index in [2.05, 4.69) is 15.3 Å². The summed E-state index contributed by atoms with van der Waals surface area (Å²) in [5.41, 5.74) is 0.469. The van der Waals surface area contributed by atoms with Crippen molar-refractivity contribution in [2.75, 3.05) is 5.32 Å². The number of ether oxygens (including phenoxy) is 1. The van der Waals surface area contributed by atoms with Crippen LogP contribution in [-0.2, 0) is 0 Å². The molecule has 2 aromatic rings. The van der Waals surface area contributed by atoms with Crippen LogP contribution in [0.25, 0.3) is 0 Å². The van der Waals surface area contributed by atoms with E-state index < -0.39 is 0 Å². The van der Waals surface area contributed by atoms with E-state index in [-0.39, 0.29) is 28.3 Å². The van der Waals surface area contributed by atoms with Gasteiger partial charge in [0.2, 0.25) is 5.28 Å². The minimum Gasteiger partial charge on any atom is -0.491 e. The van der Waals surface area contributed by atoms with Crippen molar-refractivity contribution in [3.8, 4) is 5.75 Å². The summed E-state index contributed by atoms with van der Waals surface area (Å²) in [6, 6.07) is 8.21. The molecule has 0 saturated carbocycles. The number of nitrogens with zero attached hydrogens (tertiary/aromatic N) is 2. The Balaban J connectivity index is 2.09. The van der Waals surface area contributed by atoms with Gasteiger partial charge in [0.15, 0.2) is 0 Å². The topological polar surface area (TPSA) is 64.1 Å². The summed E-state index contributed by atoms with van der Waals surface area (Å²) in [5, 5.41) is 2.73. The van der Waals surface area contributed by atoms with Gasteiger partial charge in [0.05, 0.1) is 6.10 Å². The molecule has 110 valence electrons. The fourth-order valence-corrected chi connectivity index (χ4v) is 2.01. The smallest absolute Gasteiger partial charge is 0.256 e. The molecule has 0 fully saturated rings. The Labute approximate surface area is 132 Å². The average Bonchev–Trinajstić information content (AvgIpc) is 2.37. The van der Waals surface area contributed by atoms with Crippen molar-refractivity contribution >= 4 is 34.9 Å². The summed E-state index contributed by atoms with van der Waals surface area (Å²) in [7, 11) is 0. The Morgan fingerprint density at radius 3 is 2.43 bits per heavy atom. The van der Waals surface area contributed by atoms with E-state index in [1.807, 2.05) is 13.8 Å². The number of rotatable bonds is 4. The lowest BCUT2D eigenvalue weighted by atomic mass is 10.2. The van der Waals surface area contributed by atoms with E-state index in [0.29, 0.717) is 11.3 Å². The van der Waals surface area contributed by atoms with Gasteiger partial charge in [-0.2, -0.15) is 0 Å². The third-order valence-corrected chi connectivity index (χ3v) is 2.76. The van der Waals surface area contributed by atoms with Gasteiger partial charge in [0.1, 0.15) is 16.7 Å². The Hall–Kier alpha value is -1.85. The molecule has 0 atom stereocenters. The molecule has 0 aliphatic carbocycles. The number of halogens is 2. The van der Waals surface area contributed by atoms with E-state index in [9.17, 15) is 4.79 Å². The third-order valence-electron chi connectivity index (χ3n) is 2.40. The maximum absolute atomic E-state index is 12.1. The van der Waals surface area contributed by atoms with Gasteiger partial charge in [-0.1, -0.05) is 11.6 Å². The first kappa shape index (κ1) is 15.5. The van der Waals surface area contributed by atoms with Crippen LogP contribution in [-0.4, -0.2) is 22.0 Å². The largest absolute Gasteiger partial charge is 0.491 e. The van der Waals surface area contributed by atoms with Crippen LogP contribution in [0.3, 0.4) is 0 Å². The molecular formula is C14H13Cl2N3O2. The van der Waals surface area contributed by atoms with Crippen LogP contribution in [0.15, 0.2) is 30.3 Å². The summed E-state index contributed by atoms with van der Waals surface area (Å²) in [6.07, 6.45) is 0.0787. The number of carbonyl (C=O) groups is 1. The lowest BCUT2D eigenvalue weighted by Gasteiger charge is -2.10. The molecule has 0 aliphatic heterocycles. The lowest BCUT2D eigenvalue weighted by Crippen LogP contribution is -2.13. The number of aromatic nitrogens is 2. The molecule has 0 saturated heterocycles. The highest BCUT2D eigenvalue weighted by Crippen LogP contribution is 2.17. The van der Waals surface area contributed by atoms with E-state index >= 15 is 0 Å². The minimum absolute atomic E-state index is 0.0292. The van der Waals surface area contributed by atoms with Crippen LogP contribution in [0.5, 0.6) is 5.75 Å². The average molecular weight is 326 g/mol. The van der Waals surface area contributed by atoms with Crippen LogP contribution in [0.4, 0.5) is 5.82 Å². The predicted octanol–water partition coefficient (Wildman–Crippen LogP) is 3.82. The Kier molecular flexibility index (Phi) is 4.98. The zero-order valence-corrected chi connectivity index (χ0v) is 12.9. The van der Waals surface area contributed by atoms with E-state index in [1.165, 1.54) is 6.07 Å². The summed E-state index contributed by atoms with van der Waals surface area (Å²) in [5.74, 6) is 0.624. The van der Waals surface area contributed by atoms with Crippen molar-refractivity contribution < 1.29 is 9.53 Å². The summed E-state index contributed by atoms with van der Waals surface area (Å²) >= 11 is 11.4. The molecule has 0 radical (unpaired) electrons. The number of nitrogens with one attached hydrogen (secondary N) is 1. The number of benzene rings is 1. The van der Waals surface area contributed by atoms with Crippen molar-refractivity contribution in [3.05, 3.63) is 46.3 Å². The quantitative estimate of drug-likeness (QED) is 0.685. The maximum Gasteiger partial charge on any atom is 0.256 e. The van der Waals surface area contributed by atoms with Crippen molar-refractivity contribution in [1.29, 1.82) is 0 Å². The first-order chi connectivity index (χ1) is 9.94. The number of hydrogen-bond acceptors (Lipinski definition) is 4. The van der Waals surface area contributed by atoms with Gasteiger partial charge >= 0.3 is 0 Å². The van der Waals surface area contributed by atoms with Crippen LogP contribution < -0.4 is 10.1 Å². The molecule has 0 aliphatic rings. The zero-order chi connectivity index (χ0) is 15.4. The molecule has 1 aromatic carbocycles. The molecular weight excluding hydrogens is 313 g/mol. The van der Waals surface area contributed by atoms with Crippen LogP contribution in [0.1, 0.15) is 24.2 Å². The second kappa shape index (κ2) is 6.74. The molecule has 5 nitrogen and oxygen atoms in total. The van der Waals surface area contributed by atoms with Gasteiger partial charge in [-0.25, -0.2) is 9.97 Å². The SMILES string of the molecule is CC(C)Oc1ccc(C(=O)Nc2cc(Cl)nc(Cl)n2)cc1. The monoisotopic (exact) mass is 325 g/mol. The van der Waals surface area contributed by atoms with Crippen molar-refractivity contribution in [2.24, 2.45) is 0 Å². The summed E-state index contributed by atoms with van der Waals surface area (Å²) < 4.78 is 5.51. The number of carbonyl (C=O) groups excluding carboxylic acids is 1. The predicted molar refractivity (Wildman–Crippen MR) is 82.2 cm³/mol. The second-order valence-electron chi connectivity index (χ2n) is 4.49. The molecule has 2 rings (SSSR count). The van der Waals surface area contributed by atoms with Gasteiger partial charge < -0.3 is 10.1 Å². The van der Waals surface area contributed by atoms with E-state index in [4.69, 9.17) is 27.9 Å². The Morgan fingerprint density at radius 1 is 1.19 bits per heavy atom. The van der Waals surface area contributed by atoms with Gasteiger partial charge in [-0.15, -0.1) is 0 Å². The molecule has 1 aromatic heterocycles. The van der Waals surface area contributed by atoms with Crippen molar-refractivity contribution in [3.63, 3.8) is 0 Å². The Bertz CT molecular complexity index is 625. The molecule has 0 bridgehead atoms. The van der Waals surface area contributed by atoms with Crippen LogP contribution in [0.2, 0.25) is 10.4 Å². The highest BCUT2D eigenvalue weighted by molar-refractivity contribution is 6.32. The zero-order valence-electron chi connectivity index (χ0n) is 11.4. The molecule has 1 N–H and O–H groups in total. The number of amides is 1. The van der Waals surface area contributed by atoms with Gasteiger partial charge in [-0.3, -0.25) is 4.79 Å². The second-order valence-corrected chi connectivity index (χ2v) is 5.22. The van der Waals surface area contributed by atoms with Gasteiger partial charge in [0, 0.05) is 11.6 Å². The van der Waals surface area contributed by atoms with Crippen molar-refractivity contribution in [1.82, 2.24) is 9.97 Å². The van der Waals surface area contributed by atoms with Crippen LogP contribution >= 0.6 is 23.2 Å². The standard InChI is InChI=1S/C14H13Cl2N3O2/c1-8(2)21-10-5-3-9(4-6-10)13(20)18-12-7-11(15)17-14(16)19-12/h3-8H,1-2H3,(H,17,18,19,20). The third kappa shape index (κ3) is 4.58. The minimum atomic E-state index is -0.322. The lowest BCUT2D eigenvalue weighted by molar-refractivity contribution is 0.102. The molecule has 21 heavy (non-hydrogen) atoms. The fraction of sp³-hybridized carbons (Fsp3) is 0.214. The maximum atomic E-state index is 12.1. The molecule has 1 heterocycles. The first-order valence-electron chi connectivity index (χ1n) is 6.22. The van der Waals surface area contributed by atoms with E-state index in [1.54, 1.807) is 24.3 Å². The highest BCUT2D eigenvalue weighted by atomic mass is 35.5. The number of hydrogen-bond donors (Lipinski definition) is 1.